The van der Waals surface area contributed by atoms with Crippen LogP contribution in [0.15, 0.2) is 41.5 Å². The maximum atomic E-state index is 12.9. The molecule has 20 heavy (non-hydrogen) atoms. The van der Waals surface area contributed by atoms with Gasteiger partial charge in [0, 0.05) is 37.2 Å². The number of nitrogens with zero attached hydrogens (tertiary/aromatic N) is 3. The summed E-state index contributed by atoms with van der Waals surface area (Å²) in [6, 6.07) is 5.86. The van der Waals surface area contributed by atoms with Crippen molar-refractivity contribution < 1.29 is 4.39 Å². The van der Waals surface area contributed by atoms with Crippen molar-refractivity contribution in [2.75, 3.05) is 18.0 Å². The maximum Gasteiger partial charge on any atom is 0.298 e. The molecule has 0 aliphatic carbocycles. The first-order valence-electron chi connectivity index (χ1n) is 6.49. The van der Waals surface area contributed by atoms with E-state index >= 15 is 0 Å². The van der Waals surface area contributed by atoms with Crippen LogP contribution in [0.4, 0.5) is 10.2 Å². The number of nitrogens with two attached hydrogens (primary N) is 1. The smallest absolute Gasteiger partial charge is 0.298 e. The Morgan fingerprint density at radius 1 is 1.30 bits per heavy atom. The number of halogens is 1. The highest BCUT2D eigenvalue weighted by atomic mass is 19.1. The molecule has 2 N–H and O–H groups in total. The first-order valence-corrected chi connectivity index (χ1v) is 6.49. The van der Waals surface area contributed by atoms with Gasteiger partial charge in [0.15, 0.2) is 5.82 Å². The summed E-state index contributed by atoms with van der Waals surface area (Å²) in [5, 5.41) is 0. The van der Waals surface area contributed by atoms with E-state index in [2.05, 4.69) is 4.98 Å². The molecular formula is C14H15FN4O. The summed E-state index contributed by atoms with van der Waals surface area (Å²) in [6.45, 7) is 1.37. The van der Waals surface area contributed by atoms with E-state index in [1.165, 1.54) is 16.7 Å². The molecule has 2 heterocycles. The molecule has 5 nitrogen and oxygen atoms in total. The fourth-order valence-electron chi connectivity index (χ4n) is 2.40. The number of aromatic nitrogens is 2. The topological polar surface area (TPSA) is 64.2 Å². The predicted molar refractivity (Wildman–Crippen MR) is 74.6 cm³/mol. The van der Waals surface area contributed by atoms with Crippen molar-refractivity contribution in [2.45, 2.75) is 12.5 Å². The van der Waals surface area contributed by atoms with Gasteiger partial charge in [-0.2, -0.15) is 0 Å². The van der Waals surface area contributed by atoms with Gasteiger partial charge in [-0.3, -0.25) is 9.36 Å². The van der Waals surface area contributed by atoms with Crippen molar-refractivity contribution in [2.24, 2.45) is 5.73 Å². The number of benzene rings is 1. The summed E-state index contributed by atoms with van der Waals surface area (Å²) in [5.74, 6) is 0.0615. The third kappa shape index (κ3) is 2.30. The Morgan fingerprint density at radius 2 is 2.05 bits per heavy atom. The van der Waals surface area contributed by atoms with Gasteiger partial charge in [-0.25, -0.2) is 9.37 Å². The quantitative estimate of drug-likeness (QED) is 0.884. The zero-order valence-corrected chi connectivity index (χ0v) is 10.9. The molecule has 1 fully saturated rings. The second-order valence-corrected chi connectivity index (χ2v) is 4.90. The van der Waals surface area contributed by atoms with Gasteiger partial charge >= 0.3 is 0 Å². The van der Waals surface area contributed by atoms with E-state index in [1.54, 1.807) is 24.5 Å². The Hall–Kier alpha value is -2.21. The van der Waals surface area contributed by atoms with E-state index in [1.807, 2.05) is 4.90 Å². The minimum absolute atomic E-state index is 0.0793. The number of anilines is 1. The van der Waals surface area contributed by atoms with Crippen LogP contribution in [0.1, 0.15) is 6.42 Å². The average molecular weight is 274 g/mol. The molecule has 0 amide bonds. The summed E-state index contributed by atoms with van der Waals surface area (Å²) in [7, 11) is 0. The van der Waals surface area contributed by atoms with Crippen LogP contribution in [0, 0.1) is 5.82 Å². The van der Waals surface area contributed by atoms with Crippen molar-refractivity contribution in [3.05, 3.63) is 52.8 Å². The van der Waals surface area contributed by atoms with Crippen LogP contribution < -0.4 is 16.2 Å². The Labute approximate surface area is 115 Å². The Kier molecular flexibility index (Phi) is 3.23. The van der Waals surface area contributed by atoms with E-state index in [0.717, 1.165) is 13.0 Å². The average Bonchev–Trinajstić information content (AvgIpc) is 2.87. The third-order valence-electron chi connectivity index (χ3n) is 3.45. The normalized spacial score (nSPS) is 18.5. The van der Waals surface area contributed by atoms with Gasteiger partial charge in [-0.15, -0.1) is 0 Å². The van der Waals surface area contributed by atoms with Gasteiger partial charge in [0.05, 0.1) is 0 Å². The van der Waals surface area contributed by atoms with E-state index in [4.69, 9.17) is 5.73 Å². The zero-order chi connectivity index (χ0) is 14.1. The molecule has 0 spiro atoms. The van der Waals surface area contributed by atoms with Crippen LogP contribution in [0.2, 0.25) is 0 Å². The molecule has 6 heteroatoms. The lowest BCUT2D eigenvalue weighted by molar-refractivity contribution is 0.627. The first kappa shape index (κ1) is 12.8. The zero-order valence-electron chi connectivity index (χ0n) is 10.9. The van der Waals surface area contributed by atoms with Crippen molar-refractivity contribution >= 4 is 5.82 Å². The predicted octanol–water partition coefficient (Wildman–Crippen LogP) is 0.909. The molecule has 0 saturated carbocycles. The fraction of sp³-hybridized carbons (Fsp3) is 0.286. The lowest BCUT2D eigenvalue weighted by Crippen LogP contribution is -2.33. The summed E-state index contributed by atoms with van der Waals surface area (Å²) in [6.07, 6.45) is 4.01. The van der Waals surface area contributed by atoms with Crippen LogP contribution in [0.3, 0.4) is 0 Å². The van der Waals surface area contributed by atoms with Gasteiger partial charge < -0.3 is 10.6 Å². The molecule has 1 aromatic heterocycles. The van der Waals surface area contributed by atoms with E-state index in [-0.39, 0.29) is 17.4 Å². The highest BCUT2D eigenvalue weighted by Crippen LogP contribution is 2.14. The minimum atomic E-state index is -0.332. The third-order valence-corrected chi connectivity index (χ3v) is 3.45. The Balaban J connectivity index is 2.01. The van der Waals surface area contributed by atoms with Gasteiger partial charge in [0.2, 0.25) is 0 Å². The van der Waals surface area contributed by atoms with Crippen LogP contribution >= 0.6 is 0 Å². The minimum Gasteiger partial charge on any atom is -0.350 e. The second-order valence-electron chi connectivity index (χ2n) is 4.90. The number of hydrogen-bond acceptors (Lipinski definition) is 4. The van der Waals surface area contributed by atoms with Gasteiger partial charge in [0.25, 0.3) is 5.56 Å². The molecule has 0 bridgehead atoms. The molecule has 0 radical (unpaired) electrons. The van der Waals surface area contributed by atoms with Crippen molar-refractivity contribution in [1.29, 1.82) is 0 Å². The molecule has 1 saturated heterocycles. The lowest BCUT2D eigenvalue weighted by atomic mass is 10.3. The van der Waals surface area contributed by atoms with Crippen LogP contribution in [0.25, 0.3) is 5.69 Å². The van der Waals surface area contributed by atoms with E-state index < -0.39 is 0 Å². The largest absolute Gasteiger partial charge is 0.350 e. The molecule has 1 aliphatic heterocycles. The highest BCUT2D eigenvalue weighted by molar-refractivity contribution is 5.41. The summed E-state index contributed by atoms with van der Waals surface area (Å²) in [5.41, 5.74) is 6.26. The number of rotatable bonds is 2. The Morgan fingerprint density at radius 3 is 2.70 bits per heavy atom. The van der Waals surface area contributed by atoms with Crippen molar-refractivity contribution in [1.82, 2.24) is 9.55 Å². The standard InChI is InChI=1S/C14H15FN4O/c15-10-1-3-12(4-2-10)19-8-6-17-13(14(19)20)18-7-5-11(16)9-18/h1-4,6,8,11H,5,7,9,16H2/t11-/m1/s1. The van der Waals surface area contributed by atoms with Gasteiger partial charge in [0.1, 0.15) is 5.82 Å². The van der Waals surface area contributed by atoms with Crippen LogP contribution in [-0.2, 0) is 0 Å². The maximum absolute atomic E-state index is 12.9. The van der Waals surface area contributed by atoms with Crippen molar-refractivity contribution in [3.63, 3.8) is 0 Å². The first-order chi connectivity index (χ1) is 9.65. The summed E-state index contributed by atoms with van der Waals surface area (Å²) < 4.78 is 14.4. The molecule has 0 unspecified atom stereocenters. The molecule has 1 aliphatic rings. The monoisotopic (exact) mass is 274 g/mol. The molecule has 104 valence electrons. The second kappa shape index (κ2) is 5.05. The number of hydrogen-bond donors (Lipinski definition) is 1. The molecule has 3 rings (SSSR count). The SMILES string of the molecule is N[C@@H]1CCN(c2nccn(-c3ccc(F)cc3)c2=O)C1. The van der Waals surface area contributed by atoms with Crippen LogP contribution in [-0.4, -0.2) is 28.7 Å². The highest BCUT2D eigenvalue weighted by Gasteiger charge is 2.23. The van der Waals surface area contributed by atoms with Gasteiger partial charge in [-0.1, -0.05) is 0 Å². The van der Waals surface area contributed by atoms with Crippen LogP contribution in [0.5, 0.6) is 0 Å². The molecule has 2 aromatic rings. The van der Waals surface area contributed by atoms with E-state index in [0.29, 0.717) is 18.1 Å². The Bertz CT molecular complexity index is 668. The fourth-order valence-corrected chi connectivity index (χ4v) is 2.40. The van der Waals surface area contributed by atoms with E-state index in [9.17, 15) is 9.18 Å². The lowest BCUT2D eigenvalue weighted by Gasteiger charge is -2.17. The molecule has 1 atom stereocenters. The van der Waals surface area contributed by atoms with Crippen molar-refractivity contribution in [3.8, 4) is 5.69 Å². The summed E-state index contributed by atoms with van der Waals surface area (Å²) in [4.78, 5) is 18.5. The van der Waals surface area contributed by atoms with Gasteiger partial charge in [-0.05, 0) is 30.7 Å². The molecule has 1 aromatic carbocycles. The molecular weight excluding hydrogens is 259 g/mol. The summed E-state index contributed by atoms with van der Waals surface area (Å²) >= 11 is 0.